The summed E-state index contributed by atoms with van der Waals surface area (Å²) in [4.78, 5) is 16.4. The van der Waals surface area contributed by atoms with Crippen LogP contribution in [0.4, 0.5) is 17.6 Å². The van der Waals surface area contributed by atoms with Crippen LogP contribution in [0.5, 0.6) is 0 Å². The zero-order valence-electron chi connectivity index (χ0n) is 17.5. The van der Waals surface area contributed by atoms with Gasteiger partial charge in [-0.05, 0) is 51.2 Å². The van der Waals surface area contributed by atoms with Gasteiger partial charge in [-0.15, -0.1) is 5.10 Å². The van der Waals surface area contributed by atoms with E-state index in [0.717, 1.165) is 41.8 Å². The summed E-state index contributed by atoms with van der Waals surface area (Å²) >= 11 is 0. The van der Waals surface area contributed by atoms with Crippen LogP contribution in [0.25, 0.3) is 10.9 Å². The number of fused-ring (bicyclic) bond motifs is 1. The molecule has 9 heteroatoms. The number of H-pyrrole nitrogens is 1. The van der Waals surface area contributed by atoms with E-state index in [1.54, 1.807) is 6.20 Å². The van der Waals surface area contributed by atoms with Crippen molar-refractivity contribution in [2.24, 2.45) is 0 Å². The summed E-state index contributed by atoms with van der Waals surface area (Å²) in [6, 6.07) is 9.91. The molecule has 3 N–H and O–H groups in total. The number of aromatic amines is 1. The Bertz CT molecular complexity index is 1160. The minimum atomic E-state index is 0.337. The number of nitriles is 1. The molecule has 0 saturated carbocycles. The first kappa shape index (κ1) is 18.5. The Morgan fingerprint density at radius 1 is 1.29 bits per heavy atom. The molecule has 0 radical (unpaired) electrons. The molecule has 31 heavy (non-hydrogen) atoms. The molecule has 0 aliphatic carbocycles. The number of hydrogen-bond acceptors (Lipinski definition) is 8. The number of nitrogens with one attached hydrogen (secondary N) is 3. The van der Waals surface area contributed by atoms with Gasteiger partial charge in [0.1, 0.15) is 17.5 Å². The van der Waals surface area contributed by atoms with Crippen LogP contribution >= 0.6 is 0 Å². The maximum Gasteiger partial charge on any atom is 0.247 e. The fourth-order valence-electron chi connectivity index (χ4n) is 6.06. The number of aromatic nitrogens is 5. The molecule has 9 nitrogen and oxygen atoms in total. The van der Waals surface area contributed by atoms with Gasteiger partial charge in [0.15, 0.2) is 0 Å². The molecule has 0 amide bonds. The summed E-state index contributed by atoms with van der Waals surface area (Å²) in [5, 5.41) is 23.9. The van der Waals surface area contributed by atoms with Gasteiger partial charge in [-0.3, -0.25) is 15.0 Å². The van der Waals surface area contributed by atoms with E-state index in [4.69, 9.17) is 10.2 Å². The minimum Gasteiger partial charge on any atom is -0.367 e. The summed E-state index contributed by atoms with van der Waals surface area (Å²) in [6.45, 7) is 1.86. The smallest absolute Gasteiger partial charge is 0.247 e. The highest BCUT2D eigenvalue weighted by Gasteiger charge is 2.64. The highest BCUT2D eigenvalue weighted by atomic mass is 15.4. The second-order valence-corrected chi connectivity index (χ2v) is 9.11. The second-order valence-electron chi connectivity index (χ2n) is 9.11. The fourth-order valence-corrected chi connectivity index (χ4v) is 6.06. The highest BCUT2D eigenvalue weighted by Crippen LogP contribution is 2.58. The van der Waals surface area contributed by atoms with Crippen molar-refractivity contribution in [3.8, 4) is 6.07 Å². The number of pyridine rings is 2. The lowest BCUT2D eigenvalue weighted by Gasteiger charge is -2.74. The van der Waals surface area contributed by atoms with Crippen LogP contribution in [0.2, 0.25) is 0 Å². The summed E-state index contributed by atoms with van der Waals surface area (Å²) in [5.74, 6) is 2.77. The quantitative estimate of drug-likeness (QED) is 0.561. The van der Waals surface area contributed by atoms with Gasteiger partial charge < -0.3 is 10.6 Å². The van der Waals surface area contributed by atoms with E-state index in [1.807, 2.05) is 19.1 Å². The maximum atomic E-state index is 8.97. The Morgan fingerprint density at radius 2 is 2.13 bits per heavy atom. The summed E-state index contributed by atoms with van der Waals surface area (Å²) in [5.41, 5.74) is 1.22. The Balaban J connectivity index is 1.22. The number of aryl methyl sites for hydroxylation is 1. The molecular weight excluding hydrogens is 390 g/mol. The van der Waals surface area contributed by atoms with Crippen molar-refractivity contribution in [2.75, 3.05) is 10.6 Å². The molecule has 3 fully saturated rings. The Morgan fingerprint density at radius 3 is 2.87 bits per heavy atom. The largest absolute Gasteiger partial charge is 0.367 e. The third-order valence-electron chi connectivity index (χ3n) is 7.16. The van der Waals surface area contributed by atoms with E-state index in [2.05, 4.69) is 47.8 Å². The average molecular weight is 416 g/mol. The molecule has 1 unspecified atom stereocenters. The van der Waals surface area contributed by atoms with E-state index >= 15 is 0 Å². The van der Waals surface area contributed by atoms with Crippen LogP contribution in [-0.2, 0) is 0 Å². The SMILES string of the molecule is Cc1nc(Nc2cc3ncccc3c(N[C@H]3C[C@@H]4CC5(CCC#N)C[C@H](C3)N45)n2)n[nH]1. The first-order chi connectivity index (χ1) is 15.1. The number of rotatable bonds is 6. The predicted octanol–water partition coefficient (Wildman–Crippen LogP) is 3.26. The lowest BCUT2D eigenvalue weighted by atomic mass is 9.57. The zero-order chi connectivity index (χ0) is 21.0. The topological polar surface area (TPSA) is 118 Å². The minimum absolute atomic E-state index is 0.337. The first-order valence-corrected chi connectivity index (χ1v) is 11.0. The normalized spacial score (nSPS) is 28.8. The van der Waals surface area contributed by atoms with Gasteiger partial charge in [0.25, 0.3) is 0 Å². The van der Waals surface area contributed by atoms with Crippen LogP contribution in [-0.4, -0.2) is 53.7 Å². The number of piperidine rings is 2. The number of hydrogen-bond donors (Lipinski definition) is 3. The predicted molar refractivity (Wildman–Crippen MR) is 117 cm³/mol. The van der Waals surface area contributed by atoms with Crippen molar-refractivity contribution in [3.05, 3.63) is 30.2 Å². The molecule has 3 aliphatic rings. The van der Waals surface area contributed by atoms with Gasteiger partial charge in [0.2, 0.25) is 5.95 Å². The Labute approximate surface area is 180 Å². The lowest BCUT2D eigenvalue weighted by molar-refractivity contribution is -0.222. The highest BCUT2D eigenvalue weighted by molar-refractivity contribution is 5.91. The van der Waals surface area contributed by atoms with E-state index in [-0.39, 0.29) is 0 Å². The average Bonchev–Trinajstić information content (AvgIpc) is 3.13. The van der Waals surface area contributed by atoms with Crippen LogP contribution < -0.4 is 10.6 Å². The fraction of sp³-hybridized carbons (Fsp3) is 0.500. The number of nitrogens with zero attached hydrogens (tertiary/aromatic N) is 6. The molecule has 3 aliphatic heterocycles. The molecule has 4 atom stereocenters. The molecule has 0 bridgehead atoms. The van der Waals surface area contributed by atoms with E-state index in [9.17, 15) is 0 Å². The van der Waals surface area contributed by atoms with Crippen LogP contribution in [0, 0.1) is 18.3 Å². The van der Waals surface area contributed by atoms with E-state index in [0.29, 0.717) is 41.9 Å². The third-order valence-corrected chi connectivity index (χ3v) is 7.16. The van der Waals surface area contributed by atoms with Crippen LogP contribution in [0.1, 0.15) is 44.3 Å². The van der Waals surface area contributed by atoms with Gasteiger partial charge in [-0.1, -0.05) is 0 Å². The molecular formula is C22H25N9. The molecule has 6 rings (SSSR count). The van der Waals surface area contributed by atoms with Gasteiger partial charge in [-0.25, -0.2) is 4.98 Å². The van der Waals surface area contributed by atoms with Crippen molar-refractivity contribution in [3.63, 3.8) is 0 Å². The molecule has 3 aromatic heterocycles. The molecule has 158 valence electrons. The van der Waals surface area contributed by atoms with Crippen molar-refractivity contribution in [1.82, 2.24) is 30.0 Å². The molecule has 3 aromatic rings. The standard InChI is InChI=1S/C22H25N9/c1-13-25-21(30-29-13)28-19-10-18-17(4-2-7-24-18)20(27-19)26-14-8-15-11-22(5-3-6-23)12-16(9-14)31(15)22/h2,4,7,10,14-16H,3,5,8-9,11-12H2,1H3,(H3,25,26,27,28,29,30)/t14-,15+,16-,22?. The van der Waals surface area contributed by atoms with Crippen molar-refractivity contribution in [2.45, 2.75) is 69.1 Å². The number of anilines is 3. The lowest BCUT2D eigenvalue weighted by Crippen LogP contribution is -2.81. The van der Waals surface area contributed by atoms with Gasteiger partial charge in [-0.2, -0.15) is 10.2 Å². The van der Waals surface area contributed by atoms with Gasteiger partial charge in [0, 0.05) is 47.7 Å². The van der Waals surface area contributed by atoms with E-state index < -0.39 is 0 Å². The zero-order valence-corrected chi connectivity index (χ0v) is 17.5. The molecule has 0 spiro atoms. The van der Waals surface area contributed by atoms with Crippen molar-refractivity contribution >= 4 is 28.5 Å². The maximum absolute atomic E-state index is 8.97. The monoisotopic (exact) mass is 415 g/mol. The van der Waals surface area contributed by atoms with Crippen molar-refractivity contribution in [1.29, 1.82) is 5.26 Å². The second kappa shape index (κ2) is 6.89. The summed E-state index contributed by atoms with van der Waals surface area (Å²) in [7, 11) is 0. The third kappa shape index (κ3) is 3.01. The summed E-state index contributed by atoms with van der Waals surface area (Å²) in [6.07, 6.45) is 8.19. The van der Waals surface area contributed by atoms with Crippen molar-refractivity contribution < 1.29 is 0 Å². The molecule has 3 saturated heterocycles. The van der Waals surface area contributed by atoms with Crippen LogP contribution in [0.3, 0.4) is 0 Å². The first-order valence-electron chi connectivity index (χ1n) is 11.0. The van der Waals surface area contributed by atoms with Gasteiger partial charge in [0.05, 0.1) is 11.6 Å². The van der Waals surface area contributed by atoms with Gasteiger partial charge >= 0.3 is 0 Å². The summed E-state index contributed by atoms with van der Waals surface area (Å²) < 4.78 is 0. The van der Waals surface area contributed by atoms with Crippen LogP contribution in [0.15, 0.2) is 24.4 Å². The molecule has 6 heterocycles. The molecule has 0 aromatic carbocycles. The Hall–Kier alpha value is -3.25. The Kier molecular flexibility index (Phi) is 4.11. The van der Waals surface area contributed by atoms with E-state index in [1.165, 1.54) is 12.8 Å².